The van der Waals surface area contributed by atoms with Gasteiger partial charge in [0.1, 0.15) is 5.82 Å². The van der Waals surface area contributed by atoms with E-state index in [1.54, 1.807) is 0 Å². The highest BCUT2D eigenvalue weighted by atomic mass is 14.9. The average molecular weight is 186 g/mol. The van der Waals surface area contributed by atoms with Crippen LogP contribution in [0.4, 0.5) is 0 Å². The maximum absolute atomic E-state index is 4.55. The van der Waals surface area contributed by atoms with Crippen molar-refractivity contribution in [2.45, 2.75) is 32.6 Å². The number of benzene rings is 1. The first-order valence-corrected chi connectivity index (χ1v) is 5.37. The minimum atomic E-state index is 0.985. The van der Waals surface area contributed by atoms with E-state index >= 15 is 0 Å². The highest BCUT2D eigenvalue weighted by Crippen LogP contribution is 2.26. The monoisotopic (exact) mass is 186 g/mol. The Hall–Kier alpha value is -1.31. The SMILES string of the molecule is CCc1nc2cc3c(cc2[nH]1)CCC3. The van der Waals surface area contributed by atoms with Gasteiger partial charge in [0, 0.05) is 6.42 Å². The summed E-state index contributed by atoms with van der Waals surface area (Å²) >= 11 is 0. The molecule has 0 unspecified atom stereocenters. The molecule has 0 radical (unpaired) electrons. The first-order chi connectivity index (χ1) is 6.86. The standard InChI is InChI=1S/C12H14N2/c1-2-12-13-10-6-8-4-3-5-9(8)7-11(10)14-12/h6-7H,2-5H2,1H3,(H,13,14). The van der Waals surface area contributed by atoms with Gasteiger partial charge in [-0.3, -0.25) is 0 Å². The van der Waals surface area contributed by atoms with E-state index in [-0.39, 0.29) is 0 Å². The van der Waals surface area contributed by atoms with Crippen molar-refractivity contribution in [3.8, 4) is 0 Å². The van der Waals surface area contributed by atoms with Gasteiger partial charge in [-0.05, 0) is 42.5 Å². The summed E-state index contributed by atoms with van der Waals surface area (Å²) in [6.45, 7) is 2.13. The van der Waals surface area contributed by atoms with Gasteiger partial charge in [0.05, 0.1) is 11.0 Å². The van der Waals surface area contributed by atoms with Gasteiger partial charge in [-0.15, -0.1) is 0 Å². The molecule has 0 amide bonds. The Bertz CT molecular complexity index is 441. The molecule has 14 heavy (non-hydrogen) atoms. The Kier molecular flexibility index (Phi) is 1.63. The van der Waals surface area contributed by atoms with Gasteiger partial charge < -0.3 is 4.98 Å². The predicted molar refractivity (Wildman–Crippen MR) is 57.5 cm³/mol. The summed E-state index contributed by atoms with van der Waals surface area (Å²) in [7, 11) is 0. The van der Waals surface area contributed by atoms with Crippen LogP contribution in [0, 0.1) is 0 Å². The Labute approximate surface area is 83.4 Å². The van der Waals surface area contributed by atoms with E-state index in [2.05, 4.69) is 29.0 Å². The molecule has 2 aromatic rings. The van der Waals surface area contributed by atoms with Crippen LogP contribution in [0.2, 0.25) is 0 Å². The van der Waals surface area contributed by atoms with Crippen molar-refractivity contribution >= 4 is 11.0 Å². The zero-order chi connectivity index (χ0) is 9.54. The van der Waals surface area contributed by atoms with Crippen molar-refractivity contribution in [2.24, 2.45) is 0 Å². The van der Waals surface area contributed by atoms with Crippen LogP contribution in [0.1, 0.15) is 30.3 Å². The molecule has 1 N–H and O–H groups in total. The van der Waals surface area contributed by atoms with Crippen LogP contribution in [0.15, 0.2) is 12.1 Å². The first-order valence-electron chi connectivity index (χ1n) is 5.37. The largest absolute Gasteiger partial charge is 0.342 e. The van der Waals surface area contributed by atoms with E-state index in [1.165, 1.54) is 35.9 Å². The molecule has 1 aromatic heterocycles. The average Bonchev–Trinajstić information content (AvgIpc) is 2.77. The fourth-order valence-electron chi connectivity index (χ4n) is 2.30. The van der Waals surface area contributed by atoms with Crippen LogP contribution in [0.5, 0.6) is 0 Å². The topological polar surface area (TPSA) is 28.7 Å². The smallest absolute Gasteiger partial charge is 0.106 e. The molecule has 0 bridgehead atoms. The van der Waals surface area contributed by atoms with E-state index in [0.29, 0.717) is 0 Å². The van der Waals surface area contributed by atoms with Crippen LogP contribution in [0.25, 0.3) is 11.0 Å². The quantitative estimate of drug-likeness (QED) is 0.728. The number of rotatable bonds is 1. The third kappa shape index (κ3) is 1.07. The number of hydrogen-bond donors (Lipinski definition) is 1. The summed E-state index contributed by atoms with van der Waals surface area (Å²) in [6.07, 6.45) is 4.77. The Morgan fingerprint density at radius 1 is 1.29 bits per heavy atom. The van der Waals surface area contributed by atoms with Crippen molar-refractivity contribution < 1.29 is 0 Å². The number of H-pyrrole nitrogens is 1. The van der Waals surface area contributed by atoms with Crippen molar-refractivity contribution in [3.63, 3.8) is 0 Å². The summed E-state index contributed by atoms with van der Waals surface area (Å²) in [6, 6.07) is 4.54. The highest BCUT2D eigenvalue weighted by Gasteiger charge is 2.13. The molecule has 2 heteroatoms. The molecule has 0 saturated heterocycles. The maximum atomic E-state index is 4.55. The first kappa shape index (κ1) is 8.04. The molecule has 1 aliphatic carbocycles. The van der Waals surface area contributed by atoms with E-state index in [4.69, 9.17) is 0 Å². The Morgan fingerprint density at radius 2 is 2.07 bits per heavy atom. The van der Waals surface area contributed by atoms with E-state index in [9.17, 15) is 0 Å². The minimum absolute atomic E-state index is 0.985. The minimum Gasteiger partial charge on any atom is -0.342 e. The van der Waals surface area contributed by atoms with E-state index < -0.39 is 0 Å². The number of imidazole rings is 1. The lowest BCUT2D eigenvalue weighted by Crippen LogP contribution is -1.81. The molecule has 2 nitrogen and oxygen atoms in total. The second-order valence-corrected chi connectivity index (χ2v) is 4.03. The highest BCUT2D eigenvalue weighted by molar-refractivity contribution is 5.77. The van der Waals surface area contributed by atoms with E-state index in [0.717, 1.165) is 17.8 Å². The van der Waals surface area contributed by atoms with Crippen molar-refractivity contribution in [1.82, 2.24) is 9.97 Å². The van der Waals surface area contributed by atoms with Crippen LogP contribution in [-0.4, -0.2) is 9.97 Å². The summed E-state index contributed by atoms with van der Waals surface area (Å²) in [5, 5.41) is 0. The summed E-state index contributed by atoms with van der Waals surface area (Å²) in [4.78, 5) is 7.92. The molecule has 1 heterocycles. The number of fused-ring (bicyclic) bond motifs is 2. The third-order valence-corrected chi connectivity index (χ3v) is 3.08. The molecule has 1 aromatic carbocycles. The van der Waals surface area contributed by atoms with Crippen LogP contribution < -0.4 is 0 Å². The number of nitrogens with one attached hydrogen (secondary N) is 1. The van der Waals surface area contributed by atoms with Gasteiger partial charge in [0.15, 0.2) is 0 Å². The molecular weight excluding hydrogens is 172 g/mol. The number of aromatic amines is 1. The van der Waals surface area contributed by atoms with Crippen molar-refractivity contribution in [3.05, 3.63) is 29.1 Å². The molecule has 0 spiro atoms. The fraction of sp³-hybridized carbons (Fsp3) is 0.417. The van der Waals surface area contributed by atoms with Gasteiger partial charge in [-0.1, -0.05) is 6.92 Å². The van der Waals surface area contributed by atoms with Gasteiger partial charge in [-0.2, -0.15) is 0 Å². The lowest BCUT2D eigenvalue weighted by atomic mass is 10.1. The zero-order valence-corrected chi connectivity index (χ0v) is 8.43. The van der Waals surface area contributed by atoms with Crippen molar-refractivity contribution in [1.29, 1.82) is 0 Å². The van der Waals surface area contributed by atoms with Crippen LogP contribution >= 0.6 is 0 Å². The van der Waals surface area contributed by atoms with Crippen molar-refractivity contribution in [2.75, 3.05) is 0 Å². The van der Waals surface area contributed by atoms with Gasteiger partial charge in [0.2, 0.25) is 0 Å². The van der Waals surface area contributed by atoms with Crippen LogP contribution in [0.3, 0.4) is 0 Å². The number of nitrogens with zero attached hydrogens (tertiary/aromatic N) is 1. The molecule has 0 atom stereocenters. The Morgan fingerprint density at radius 3 is 2.86 bits per heavy atom. The molecule has 72 valence electrons. The summed E-state index contributed by atoms with van der Waals surface area (Å²) in [5.41, 5.74) is 5.38. The lowest BCUT2D eigenvalue weighted by molar-refractivity contribution is 0.911. The molecule has 0 saturated carbocycles. The second-order valence-electron chi connectivity index (χ2n) is 4.03. The van der Waals surface area contributed by atoms with Gasteiger partial charge in [0.25, 0.3) is 0 Å². The number of aromatic nitrogens is 2. The number of hydrogen-bond acceptors (Lipinski definition) is 1. The lowest BCUT2D eigenvalue weighted by Gasteiger charge is -1.96. The summed E-state index contributed by atoms with van der Waals surface area (Å²) in [5.74, 6) is 1.10. The maximum Gasteiger partial charge on any atom is 0.106 e. The zero-order valence-electron chi connectivity index (χ0n) is 8.43. The summed E-state index contributed by atoms with van der Waals surface area (Å²) < 4.78 is 0. The molecule has 1 aliphatic rings. The molecule has 0 aliphatic heterocycles. The number of aryl methyl sites for hydroxylation is 3. The molecular formula is C12H14N2. The molecule has 0 fully saturated rings. The van der Waals surface area contributed by atoms with Gasteiger partial charge in [-0.25, -0.2) is 4.98 Å². The van der Waals surface area contributed by atoms with Crippen LogP contribution in [-0.2, 0) is 19.3 Å². The van der Waals surface area contributed by atoms with Gasteiger partial charge >= 0.3 is 0 Å². The normalized spacial score (nSPS) is 14.9. The third-order valence-electron chi connectivity index (χ3n) is 3.08. The van der Waals surface area contributed by atoms with E-state index in [1.807, 2.05) is 0 Å². The predicted octanol–water partition coefficient (Wildman–Crippen LogP) is 2.61. The molecule has 3 rings (SSSR count). The fourth-order valence-corrected chi connectivity index (χ4v) is 2.30. The Balaban J connectivity index is 2.25. The second kappa shape index (κ2) is 2.84.